The standard InChI is InChI=1S/C21H42O18S4/c1-3-5-7-9-11-13-16(14-12-10-8-6-4-2)35-21-20(39-43(31,32)33)19(38-42(28,29)30)18(37-41(25,26)27)17(36-21)15-34-40(22,23)24/h16-21H,3-15H2,1-2H3,(H,22,23,24)(H,25,26,27)(H,28,29,30)(H,31,32,33)/t17-,18-,19+,20-,21?/m1/s1/i/hD4. The zero-order valence-corrected chi connectivity index (χ0v) is 26.9. The summed E-state index contributed by atoms with van der Waals surface area (Å²) in [6.45, 7) is 2.75. The summed E-state index contributed by atoms with van der Waals surface area (Å²) in [5, 5.41) is 0. The SMILES string of the molecule is [2H]OS(=O)(=O)OC[C@H]1OC(OC(CCCCCCC)CCCCCCC)[C@H](OS(=O)(=O)O[2H])[C@@H](OS(=O)(=O)O[2H])[C@@H]1OS(=O)(=O)O[2H]. The van der Waals surface area contributed by atoms with Crippen LogP contribution in [0.3, 0.4) is 0 Å². The maximum Gasteiger partial charge on any atom is 0.397 e. The lowest BCUT2D eigenvalue weighted by Crippen LogP contribution is -2.63. The fourth-order valence-corrected chi connectivity index (χ4v) is 6.20. The molecule has 1 saturated heterocycles. The molecule has 1 aliphatic heterocycles. The Labute approximate surface area is 259 Å². The molecule has 1 rings (SSSR count). The highest BCUT2D eigenvalue weighted by atomic mass is 32.3. The lowest BCUT2D eigenvalue weighted by Gasteiger charge is -2.44. The molecule has 0 aromatic rings. The molecular weight excluding hydrogens is 668 g/mol. The van der Waals surface area contributed by atoms with Crippen LogP contribution in [0, 0.1) is 0 Å². The van der Waals surface area contributed by atoms with Crippen molar-refractivity contribution in [1.29, 1.82) is 5.72 Å². The number of hydrogen-bond acceptors (Lipinski definition) is 18. The highest BCUT2D eigenvalue weighted by Crippen LogP contribution is 2.33. The van der Waals surface area contributed by atoms with E-state index in [-0.39, 0.29) is 0 Å². The van der Waals surface area contributed by atoms with Gasteiger partial charge in [-0.2, -0.15) is 33.7 Å². The maximum absolute atomic E-state index is 12.3. The van der Waals surface area contributed by atoms with Crippen molar-refractivity contribution in [3.05, 3.63) is 0 Å². The predicted octanol–water partition coefficient (Wildman–Crippen LogP) is 2.20. The van der Waals surface area contributed by atoms with Gasteiger partial charge in [-0.1, -0.05) is 78.1 Å². The summed E-state index contributed by atoms with van der Waals surface area (Å²) in [6, 6.07) is 0. The Kier molecular flexibility index (Phi) is 14.5. The molecule has 0 aromatic heterocycles. The van der Waals surface area contributed by atoms with Crippen LogP contribution in [0.15, 0.2) is 0 Å². The molecule has 1 aliphatic rings. The van der Waals surface area contributed by atoms with Gasteiger partial charge in [0.1, 0.15) is 18.3 Å². The fourth-order valence-electron chi connectivity index (χ4n) is 4.43. The molecule has 1 fully saturated rings. The largest absolute Gasteiger partial charge is 0.397 e. The van der Waals surface area contributed by atoms with Gasteiger partial charge in [-0.15, -0.1) is 0 Å². The molecule has 18 nitrogen and oxygen atoms in total. The predicted molar refractivity (Wildman–Crippen MR) is 147 cm³/mol. The van der Waals surface area contributed by atoms with Gasteiger partial charge in [-0.05, 0) is 12.8 Å². The average molecular weight is 715 g/mol. The van der Waals surface area contributed by atoms with Crippen LogP contribution in [-0.2, 0) is 67.8 Å². The molecule has 5 atom stereocenters. The highest BCUT2D eigenvalue weighted by Gasteiger charge is 2.54. The molecule has 0 radical (unpaired) electrons. The summed E-state index contributed by atoms with van der Waals surface area (Å²) in [4.78, 5) is 0. The minimum absolute atomic E-state index is 0.370. The van der Waals surface area contributed by atoms with Gasteiger partial charge < -0.3 is 9.47 Å². The van der Waals surface area contributed by atoms with E-state index in [2.05, 4.69) is 26.6 Å². The third-order valence-electron chi connectivity index (χ3n) is 6.24. The van der Waals surface area contributed by atoms with E-state index in [0.29, 0.717) is 25.7 Å². The van der Waals surface area contributed by atoms with E-state index in [0.717, 1.165) is 51.4 Å². The molecule has 258 valence electrons. The quantitative estimate of drug-likeness (QED) is 0.0701. The Bertz CT molecular complexity index is 1300. The third-order valence-corrected chi connectivity index (χ3v) is 8.04. The summed E-state index contributed by atoms with van der Waals surface area (Å²) in [5.74, 6) is 0. The lowest BCUT2D eigenvalue weighted by atomic mass is 9.98. The molecule has 0 spiro atoms. The fraction of sp³-hybridized carbons (Fsp3) is 1.00. The van der Waals surface area contributed by atoms with E-state index >= 15 is 0 Å². The Morgan fingerprint density at radius 1 is 0.628 bits per heavy atom. The van der Waals surface area contributed by atoms with Gasteiger partial charge >= 0.3 is 41.6 Å². The average Bonchev–Trinajstić information content (AvgIpc) is 3.02. The first-order chi connectivity index (χ1) is 22.0. The van der Waals surface area contributed by atoms with E-state index in [4.69, 9.17) is 23.6 Å². The van der Waals surface area contributed by atoms with Crippen LogP contribution >= 0.6 is 0 Å². The number of rotatable bonds is 27. The minimum Gasteiger partial charge on any atom is -0.347 e. The summed E-state index contributed by atoms with van der Waals surface area (Å²) in [6.07, 6.45) is -3.19. The van der Waals surface area contributed by atoms with E-state index in [1.54, 1.807) is 0 Å². The number of ether oxygens (including phenoxy) is 2. The smallest absolute Gasteiger partial charge is 0.347 e. The summed E-state index contributed by atoms with van der Waals surface area (Å²) < 4.78 is 168. The molecule has 22 heteroatoms. The van der Waals surface area contributed by atoms with Crippen molar-refractivity contribution >= 4 is 41.6 Å². The first kappa shape index (κ1) is 33.8. The van der Waals surface area contributed by atoms with Crippen LogP contribution in [-0.4, -0.2) is 95.3 Å². The van der Waals surface area contributed by atoms with Gasteiger partial charge in [0.25, 0.3) is 0 Å². The van der Waals surface area contributed by atoms with Crippen LogP contribution in [0.2, 0.25) is 0 Å². The van der Waals surface area contributed by atoms with Crippen molar-refractivity contribution in [2.75, 3.05) is 6.61 Å². The monoisotopic (exact) mass is 714 g/mol. The van der Waals surface area contributed by atoms with Gasteiger partial charge in [-0.3, -0.25) is 18.2 Å². The van der Waals surface area contributed by atoms with Crippen LogP contribution in [0.5, 0.6) is 0 Å². The van der Waals surface area contributed by atoms with Crippen molar-refractivity contribution in [3.63, 3.8) is 0 Å². The van der Waals surface area contributed by atoms with Crippen molar-refractivity contribution in [2.45, 2.75) is 128 Å². The Hall–Kier alpha value is -0.600. The first-order valence-electron chi connectivity index (χ1n) is 15.2. The molecule has 1 unspecified atom stereocenters. The van der Waals surface area contributed by atoms with Crippen LogP contribution in [0.25, 0.3) is 5.72 Å². The zero-order chi connectivity index (χ0) is 35.7. The van der Waals surface area contributed by atoms with E-state index in [9.17, 15) is 33.7 Å². The van der Waals surface area contributed by atoms with Crippen LogP contribution in [0.1, 0.15) is 90.9 Å². The van der Waals surface area contributed by atoms with Crippen molar-refractivity contribution in [2.24, 2.45) is 0 Å². The lowest BCUT2D eigenvalue weighted by molar-refractivity contribution is -0.298. The Morgan fingerprint density at radius 2 is 1.07 bits per heavy atom. The molecule has 0 aliphatic carbocycles. The molecule has 43 heavy (non-hydrogen) atoms. The van der Waals surface area contributed by atoms with E-state index in [1.807, 2.05) is 13.8 Å². The molecule has 0 bridgehead atoms. The highest BCUT2D eigenvalue weighted by molar-refractivity contribution is 7.81. The minimum atomic E-state index is -5.46. The Balaban J connectivity index is 3.69. The molecule has 0 amide bonds. The second-order valence-electron chi connectivity index (χ2n) is 9.81. The second kappa shape index (κ2) is 18.5. The Morgan fingerprint density at radius 3 is 1.53 bits per heavy atom. The van der Waals surface area contributed by atoms with Crippen molar-refractivity contribution < 1.29 is 78.1 Å². The van der Waals surface area contributed by atoms with Crippen molar-refractivity contribution in [3.8, 4) is 0 Å². The molecule has 0 saturated carbocycles. The van der Waals surface area contributed by atoms with Crippen LogP contribution in [0.4, 0.5) is 0 Å². The van der Waals surface area contributed by atoms with E-state index in [1.165, 1.54) is 0 Å². The third kappa shape index (κ3) is 18.8. The second-order valence-corrected chi connectivity index (χ2v) is 13.9. The van der Waals surface area contributed by atoms with Gasteiger partial charge in [0.05, 0.1) is 12.7 Å². The zero-order valence-electron chi connectivity index (χ0n) is 27.6. The normalized spacial score (nSPS) is 25.2. The van der Waals surface area contributed by atoms with Gasteiger partial charge in [0.2, 0.25) is 5.72 Å². The van der Waals surface area contributed by atoms with Gasteiger partial charge in [0, 0.05) is 0 Å². The summed E-state index contributed by atoms with van der Waals surface area (Å²) >= 11 is 0. The van der Waals surface area contributed by atoms with Crippen molar-refractivity contribution in [1.82, 2.24) is 0 Å². The molecular formula is C21H42O18S4. The molecule has 1 heterocycles. The van der Waals surface area contributed by atoms with E-state index < -0.39 is 85.0 Å². The summed E-state index contributed by atoms with van der Waals surface area (Å²) in [5.41, 5.74) is 0. The molecule has 4 N–H and O–H groups in total. The maximum atomic E-state index is 12.3. The topological polar surface area (TPSA) is 273 Å². The van der Waals surface area contributed by atoms with Crippen LogP contribution < -0.4 is 0 Å². The number of hydrogen-bond donors (Lipinski definition) is 4. The number of unbranched alkanes of at least 4 members (excludes halogenated alkanes) is 8. The summed E-state index contributed by atoms with van der Waals surface area (Å²) in [7, 11) is -21.3. The van der Waals surface area contributed by atoms with Gasteiger partial charge in [-0.25, -0.2) is 16.7 Å². The molecule has 0 aromatic carbocycles. The van der Waals surface area contributed by atoms with Gasteiger partial charge in [0.15, 0.2) is 12.4 Å². The first-order valence-corrected chi connectivity index (χ1v) is 18.9.